The number of rotatable bonds is 7. The van der Waals surface area contributed by atoms with Gasteiger partial charge in [-0.3, -0.25) is 0 Å². The number of hydrogen-bond donors (Lipinski definition) is 3. The molecule has 56 heavy (non-hydrogen) atoms. The van der Waals surface area contributed by atoms with Crippen LogP contribution in [0.25, 0.3) is 33.1 Å². The van der Waals surface area contributed by atoms with Crippen molar-refractivity contribution in [1.29, 1.82) is 0 Å². The first-order chi connectivity index (χ1) is 27.6. The molecule has 0 radical (unpaired) electrons. The zero-order valence-corrected chi connectivity index (χ0v) is 34.6. The molecule has 6 aromatic carbocycles. The Balaban J connectivity index is 0.000000218. The highest BCUT2D eigenvalue weighted by Crippen LogP contribution is 2.36. The van der Waals surface area contributed by atoms with E-state index in [-0.39, 0.29) is 0 Å². The first-order valence-electron chi connectivity index (χ1n) is 20.1. The van der Waals surface area contributed by atoms with Gasteiger partial charge in [0, 0.05) is 34.6 Å². The number of allylic oxidation sites excluding steroid dienone is 4. The summed E-state index contributed by atoms with van der Waals surface area (Å²) >= 11 is 0. The van der Waals surface area contributed by atoms with Crippen LogP contribution in [0, 0.1) is 6.92 Å². The number of hydrogen-bond acceptors (Lipinski definition) is 4. The molecule has 5 N–H and O–H groups in total. The molecule has 1 aliphatic rings. The summed E-state index contributed by atoms with van der Waals surface area (Å²) < 4.78 is 6.08. The van der Waals surface area contributed by atoms with Gasteiger partial charge < -0.3 is 21.2 Å². The van der Waals surface area contributed by atoms with Crippen molar-refractivity contribution in [3.05, 3.63) is 198 Å². The van der Waals surface area contributed by atoms with E-state index < -0.39 is 0 Å². The average Bonchev–Trinajstić information content (AvgIpc) is 3.66. The fraction of sp³-hybridized carbons (Fsp3) is 0.231. The number of nitrogens with two attached hydrogens (primary N) is 2. The molecular formula is C52H63N3O. The molecule has 1 heterocycles. The number of fused-ring (bicyclic) bond motifs is 3. The van der Waals surface area contributed by atoms with Crippen LogP contribution < -0.4 is 16.8 Å². The van der Waals surface area contributed by atoms with Gasteiger partial charge in [-0.25, -0.2) is 0 Å². The van der Waals surface area contributed by atoms with E-state index in [0.717, 1.165) is 45.2 Å². The van der Waals surface area contributed by atoms with Gasteiger partial charge in [-0.15, -0.1) is 0 Å². The van der Waals surface area contributed by atoms with Crippen LogP contribution in [0.15, 0.2) is 180 Å². The molecule has 0 aliphatic heterocycles. The molecule has 1 aromatic heterocycles. The fourth-order valence-electron chi connectivity index (χ4n) is 6.32. The van der Waals surface area contributed by atoms with Crippen LogP contribution in [0.3, 0.4) is 0 Å². The van der Waals surface area contributed by atoms with Gasteiger partial charge in [-0.2, -0.15) is 0 Å². The van der Waals surface area contributed by atoms with Crippen molar-refractivity contribution in [3.8, 4) is 11.1 Å². The zero-order chi connectivity index (χ0) is 40.5. The summed E-state index contributed by atoms with van der Waals surface area (Å²) in [5, 5.41) is 5.73. The Labute approximate surface area is 337 Å². The number of para-hydroxylation sites is 2. The lowest BCUT2D eigenvalue weighted by molar-refractivity contribution is 0.663. The number of benzene rings is 6. The minimum atomic E-state index is 0.341. The van der Waals surface area contributed by atoms with Gasteiger partial charge in [0.1, 0.15) is 11.2 Å². The molecule has 0 fully saturated rings. The largest absolute Gasteiger partial charge is 0.456 e. The molecule has 1 unspecified atom stereocenters. The van der Waals surface area contributed by atoms with Crippen molar-refractivity contribution in [1.82, 2.24) is 0 Å². The topological polar surface area (TPSA) is 77.2 Å². The van der Waals surface area contributed by atoms with Crippen LogP contribution >= 0.6 is 0 Å². The summed E-state index contributed by atoms with van der Waals surface area (Å²) in [4.78, 5) is 0. The predicted molar refractivity (Wildman–Crippen MR) is 246 cm³/mol. The fourth-order valence-corrected chi connectivity index (χ4v) is 6.32. The lowest BCUT2D eigenvalue weighted by Crippen LogP contribution is -2.05. The van der Waals surface area contributed by atoms with E-state index in [1.54, 1.807) is 5.57 Å². The zero-order valence-electron chi connectivity index (χ0n) is 34.6. The van der Waals surface area contributed by atoms with Crippen molar-refractivity contribution in [2.75, 3.05) is 12.4 Å². The molecule has 0 amide bonds. The van der Waals surface area contributed by atoms with Crippen LogP contribution in [0.5, 0.6) is 0 Å². The molecule has 0 saturated carbocycles. The minimum Gasteiger partial charge on any atom is -0.456 e. The maximum absolute atomic E-state index is 6.08. The van der Waals surface area contributed by atoms with E-state index in [1.165, 1.54) is 42.1 Å². The van der Waals surface area contributed by atoms with Crippen molar-refractivity contribution in [2.24, 2.45) is 11.5 Å². The molecule has 4 heteroatoms. The van der Waals surface area contributed by atoms with E-state index in [4.69, 9.17) is 10.2 Å². The van der Waals surface area contributed by atoms with E-state index in [9.17, 15) is 0 Å². The van der Waals surface area contributed by atoms with Crippen LogP contribution in [0.1, 0.15) is 75.8 Å². The molecule has 0 bridgehead atoms. The van der Waals surface area contributed by atoms with Crippen LogP contribution in [-0.4, -0.2) is 7.05 Å². The molecule has 7 aromatic rings. The maximum atomic E-state index is 6.08. The van der Waals surface area contributed by atoms with Crippen molar-refractivity contribution >= 4 is 27.6 Å². The predicted octanol–water partition coefficient (Wildman–Crippen LogP) is 14.0. The highest BCUT2D eigenvalue weighted by molar-refractivity contribution is 6.07. The first kappa shape index (κ1) is 44.7. The standard InChI is InChI=1S/C20H17NO.C14H15N.C13H14.2C2H6.CH5N/c1-13-6-8-14(9-7-13)15-10-11-17-16-4-2-3-5-19(16)22-20(17)18(15)12-21;1-12(13-8-4-2-5-9-13)15-14-10-6-3-7-11-14;1-3-7-12(8-4-1)11-13-9-5-2-6-10-13;3*1-2/h2-11H,12,21H2,1H3;2-12,15H,1H3;1-5,7-9H,6,10-11H2;2*1-2H3;2H2,1H3. The third-order valence-corrected chi connectivity index (χ3v) is 9.05. The lowest BCUT2D eigenvalue weighted by Gasteiger charge is -2.15. The third-order valence-electron chi connectivity index (χ3n) is 9.05. The molecular weight excluding hydrogens is 683 g/mol. The number of furan rings is 1. The van der Waals surface area contributed by atoms with Crippen LogP contribution in [-0.2, 0) is 13.0 Å². The van der Waals surface area contributed by atoms with Gasteiger partial charge >= 0.3 is 0 Å². The molecule has 4 nitrogen and oxygen atoms in total. The highest BCUT2D eigenvalue weighted by atomic mass is 16.3. The van der Waals surface area contributed by atoms with Crippen LogP contribution in [0.4, 0.5) is 5.69 Å². The van der Waals surface area contributed by atoms with Gasteiger partial charge in [0.2, 0.25) is 0 Å². The smallest absolute Gasteiger partial charge is 0.140 e. The van der Waals surface area contributed by atoms with E-state index >= 15 is 0 Å². The van der Waals surface area contributed by atoms with Gasteiger partial charge in [-0.1, -0.05) is 184 Å². The summed E-state index contributed by atoms with van der Waals surface area (Å²) in [7, 11) is 1.50. The lowest BCUT2D eigenvalue weighted by atomic mass is 9.96. The van der Waals surface area contributed by atoms with Gasteiger partial charge in [-0.05, 0) is 86.7 Å². The summed E-state index contributed by atoms with van der Waals surface area (Å²) in [6, 6.07) is 52.7. The Morgan fingerprint density at radius 1 is 0.661 bits per heavy atom. The van der Waals surface area contributed by atoms with Crippen molar-refractivity contribution < 1.29 is 4.42 Å². The summed E-state index contributed by atoms with van der Waals surface area (Å²) in [5.41, 5.74) is 22.4. The number of nitrogens with one attached hydrogen (secondary N) is 1. The number of aryl methyl sites for hydroxylation is 1. The van der Waals surface area contributed by atoms with Crippen molar-refractivity contribution in [2.45, 2.75) is 73.4 Å². The van der Waals surface area contributed by atoms with Crippen LogP contribution in [0.2, 0.25) is 0 Å². The van der Waals surface area contributed by atoms with Gasteiger partial charge in [0.15, 0.2) is 0 Å². The quantitative estimate of drug-likeness (QED) is 0.152. The first-order valence-corrected chi connectivity index (χ1v) is 20.1. The second-order valence-electron chi connectivity index (χ2n) is 12.7. The Bertz CT molecular complexity index is 2150. The molecule has 292 valence electrons. The third kappa shape index (κ3) is 13.3. The second-order valence-corrected chi connectivity index (χ2v) is 12.7. The highest BCUT2D eigenvalue weighted by Gasteiger charge is 2.14. The summed E-state index contributed by atoms with van der Waals surface area (Å²) in [6.07, 6.45) is 10.2. The normalized spacial score (nSPS) is 11.6. The maximum Gasteiger partial charge on any atom is 0.140 e. The van der Waals surface area contributed by atoms with E-state index in [2.05, 4.69) is 152 Å². The molecule has 0 saturated heterocycles. The Hall–Kier alpha value is -5.68. The summed E-state index contributed by atoms with van der Waals surface area (Å²) in [6.45, 7) is 12.7. The average molecular weight is 746 g/mol. The van der Waals surface area contributed by atoms with E-state index in [1.807, 2.05) is 70.2 Å². The molecule has 0 spiro atoms. The summed E-state index contributed by atoms with van der Waals surface area (Å²) in [5.74, 6) is 0. The Morgan fingerprint density at radius 3 is 1.86 bits per heavy atom. The van der Waals surface area contributed by atoms with Gasteiger partial charge in [0.05, 0.1) is 0 Å². The molecule has 1 aliphatic carbocycles. The monoisotopic (exact) mass is 745 g/mol. The minimum absolute atomic E-state index is 0.341. The van der Waals surface area contributed by atoms with Crippen molar-refractivity contribution in [3.63, 3.8) is 0 Å². The SMILES string of the molecule is C1=CCCC(Cc2ccccc2)=C1.CC.CC.CC(Nc1ccccc1)c1ccccc1.CN.Cc1ccc(-c2ccc3c(oc4ccccc43)c2CN)cc1. The molecule has 8 rings (SSSR count). The molecule has 1 atom stereocenters. The van der Waals surface area contributed by atoms with Gasteiger partial charge in [0.25, 0.3) is 0 Å². The number of anilines is 1. The Morgan fingerprint density at radius 2 is 1.25 bits per heavy atom. The second kappa shape index (κ2) is 25.4. The van der Waals surface area contributed by atoms with E-state index in [0.29, 0.717) is 12.6 Å². The Kier molecular flexibility index (Phi) is 20.3.